The van der Waals surface area contributed by atoms with E-state index < -0.39 is 6.61 Å². The summed E-state index contributed by atoms with van der Waals surface area (Å²) < 4.78 is 34.1. The van der Waals surface area contributed by atoms with Crippen molar-refractivity contribution in [2.45, 2.75) is 45.4 Å². The zero-order valence-electron chi connectivity index (χ0n) is 25.8. The standard InChI is InChI=1S/C32H41F2N9O/c1-21(2)41-11-13-42(14-12-41)24-7-9-43(10-8-24)29-18-30(44-32(33)34)27(16-26(29)35-3)39-31-17-25(36-20-37-31)22-5-6-28-23(15-22)19-38-40(28)4/h5-6,15-21,24,32,35H,7-14H2,1-4H3,(H,36,37,39). The third-order valence-corrected chi connectivity index (χ3v) is 8.96. The largest absolute Gasteiger partial charge is 0.433 e. The fraction of sp³-hybridized carbons (Fsp3) is 0.469. The van der Waals surface area contributed by atoms with Crippen molar-refractivity contribution in [3.63, 3.8) is 0 Å². The molecule has 0 bridgehead atoms. The Morgan fingerprint density at radius 1 is 0.932 bits per heavy atom. The van der Waals surface area contributed by atoms with E-state index >= 15 is 0 Å². The van der Waals surface area contributed by atoms with Gasteiger partial charge in [0.1, 0.15) is 12.1 Å². The van der Waals surface area contributed by atoms with E-state index in [9.17, 15) is 8.78 Å². The first kappa shape index (κ1) is 30.0. The van der Waals surface area contributed by atoms with Crippen LogP contribution in [0.25, 0.3) is 22.2 Å². The number of aromatic nitrogens is 4. The maximum absolute atomic E-state index is 13.6. The summed E-state index contributed by atoms with van der Waals surface area (Å²) in [7, 11) is 3.74. The monoisotopic (exact) mass is 605 g/mol. The maximum Gasteiger partial charge on any atom is 0.387 e. The van der Waals surface area contributed by atoms with Crippen LogP contribution in [-0.4, -0.2) is 94.6 Å². The number of halogens is 2. The molecule has 0 unspecified atom stereocenters. The maximum atomic E-state index is 13.6. The highest BCUT2D eigenvalue weighted by atomic mass is 19.3. The van der Waals surface area contributed by atoms with Gasteiger partial charge in [0, 0.05) is 88.5 Å². The summed E-state index contributed by atoms with van der Waals surface area (Å²) in [6, 6.07) is 12.4. The smallest absolute Gasteiger partial charge is 0.387 e. The molecule has 0 aliphatic carbocycles. The highest BCUT2D eigenvalue weighted by Crippen LogP contribution is 2.40. The summed E-state index contributed by atoms with van der Waals surface area (Å²) in [5, 5.41) is 11.8. The fourth-order valence-corrected chi connectivity index (χ4v) is 6.46. The van der Waals surface area contributed by atoms with E-state index in [-0.39, 0.29) is 5.75 Å². The highest BCUT2D eigenvalue weighted by Gasteiger charge is 2.29. The molecule has 0 saturated carbocycles. The summed E-state index contributed by atoms with van der Waals surface area (Å²) in [5.41, 5.74) is 4.69. The van der Waals surface area contributed by atoms with Crippen LogP contribution in [0, 0.1) is 0 Å². The molecule has 2 aromatic carbocycles. The Kier molecular flexibility index (Phi) is 8.81. The van der Waals surface area contributed by atoms with Crippen molar-refractivity contribution in [2.24, 2.45) is 7.05 Å². The zero-order chi connectivity index (χ0) is 30.8. The van der Waals surface area contributed by atoms with Gasteiger partial charge in [-0.2, -0.15) is 13.9 Å². The molecule has 2 aliphatic heterocycles. The number of hydrogen-bond acceptors (Lipinski definition) is 9. The molecule has 4 aromatic rings. The average molecular weight is 606 g/mol. The number of hydrogen-bond donors (Lipinski definition) is 2. The Bertz CT molecular complexity index is 1580. The Hall–Kier alpha value is -4.03. The Balaban J connectivity index is 1.20. The Morgan fingerprint density at radius 2 is 1.70 bits per heavy atom. The molecule has 2 saturated heterocycles. The van der Waals surface area contributed by atoms with Crippen LogP contribution in [-0.2, 0) is 7.05 Å². The molecule has 0 atom stereocenters. The Morgan fingerprint density at radius 3 is 2.41 bits per heavy atom. The van der Waals surface area contributed by atoms with E-state index in [0.717, 1.165) is 80.0 Å². The van der Waals surface area contributed by atoms with Crippen molar-refractivity contribution in [1.82, 2.24) is 29.5 Å². The molecule has 0 amide bonds. The molecule has 234 valence electrons. The molecule has 44 heavy (non-hydrogen) atoms. The molecule has 12 heteroatoms. The summed E-state index contributed by atoms with van der Waals surface area (Å²) in [5.74, 6) is 0.534. The molecule has 2 aromatic heterocycles. The predicted molar refractivity (Wildman–Crippen MR) is 171 cm³/mol. The van der Waals surface area contributed by atoms with Crippen molar-refractivity contribution >= 4 is 33.8 Å². The highest BCUT2D eigenvalue weighted by molar-refractivity contribution is 5.85. The van der Waals surface area contributed by atoms with Crippen LogP contribution in [0.5, 0.6) is 5.75 Å². The van der Waals surface area contributed by atoms with E-state index in [1.54, 1.807) is 12.1 Å². The molecule has 2 fully saturated rings. The quantitative estimate of drug-likeness (QED) is 0.260. The number of fused-ring (bicyclic) bond motifs is 1. The predicted octanol–water partition coefficient (Wildman–Crippen LogP) is 5.41. The molecule has 0 radical (unpaired) electrons. The third kappa shape index (κ3) is 6.41. The van der Waals surface area contributed by atoms with E-state index in [1.807, 2.05) is 49.2 Å². The fourth-order valence-electron chi connectivity index (χ4n) is 6.46. The van der Waals surface area contributed by atoms with Gasteiger partial charge in [0.05, 0.1) is 34.5 Å². The first-order chi connectivity index (χ1) is 21.3. The van der Waals surface area contributed by atoms with Crippen LogP contribution < -0.4 is 20.3 Å². The Labute approximate surface area is 257 Å². The topological polar surface area (TPSA) is 86.6 Å². The van der Waals surface area contributed by atoms with Crippen molar-refractivity contribution in [2.75, 3.05) is 61.8 Å². The zero-order valence-corrected chi connectivity index (χ0v) is 25.8. The minimum absolute atomic E-state index is 0.0675. The molecule has 0 spiro atoms. The molecule has 2 aliphatic rings. The van der Waals surface area contributed by atoms with Crippen molar-refractivity contribution in [3.05, 3.63) is 48.9 Å². The van der Waals surface area contributed by atoms with Gasteiger partial charge in [0.15, 0.2) is 5.75 Å². The van der Waals surface area contributed by atoms with Crippen LogP contribution in [0.3, 0.4) is 0 Å². The van der Waals surface area contributed by atoms with Crippen LogP contribution >= 0.6 is 0 Å². The second-order valence-electron chi connectivity index (χ2n) is 11.8. The minimum atomic E-state index is -2.97. The van der Waals surface area contributed by atoms with E-state index in [1.165, 1.54) is 6.33 Å². The lowest BCUT2D eigenvalue weighted by atomic mass is 10.0. The number of benzene rings is 2. The minimum Gasteiger partial charge on any atom is -0.433 e. The van der Waals surface area contributed by atoms with E-state index in [0.29, 0.717) is 29.3 Å². The number of anilines is 4. The number of nitrogens with zero attached hydrogens (tertiary/aromatic N) is 7. The lowest BCUT2D eigenvalue weighted by Gasteiger charge is -2.44. The van der Waals surface area contributed by atoms with Gasteiger partial charge in [-0.3, -0.25) is 14.5 Å². The molecular formula is C32H41F2N9O. The first-order valence-corrected chi connectivity index (χ1v) is 15.3. The van der Waals surface area contributed by atoms with E-state index in [2.05, 4.69) is 54.2 Å². The number of rotatable bonds is 9. The summed E-state index contributed by atoms with van der Waals surface area (Å²) in [6.45, 7) is 7.66. The van der Waals surface area contributed by atoms with Crippen molar-refractivity contribution in [1.29, 1.82) is 0 Å². The third-order valence-electron chi connectivity index (χ3n) is 8.96. The van der Waals surface area contributed by atoms with Gasteiger partial charge in [-0.25, -0.2) is 9.97 Å². The van der Waals surface area contributed by atoms with Crippen LogP contribution in [0.1, 0.15) is 26.7 Å². The van der Waals surface area contributed by atoms with Crippen LogP contribution in [0.2, 0.25) is 0 Å². The summed E-state index contributed by atoms with van der Waals surface area (Å²) >= 11 is 0. The summed E-state index contributed by atoms with van der Waals surface area (Å²) in [6.07, 6.45) is 5.33. The van der Waals surface area contributed by atoms with Gasteiger partial charge >= 0.3 is 6.61 Å². The summed E-state index contributed by atoms with van der Waals surface area (Å²) in [4.78, 5) is 16.2. The number of aryl methyl sites for hydroxylation is 1. The molecule has 6 rings (SSSR count). The number of piperidine rings is 1. The van der Waals surface area contributed by atoms with E-state index in [4.69, 9.17) is 4.74 Å². The first-order valence-electron chi connectivity index (χ1n) is 15.3. The second-order valence-corrected chi connectivity index (χ2v) is 11.8. The van der Waals surface area contributed by atoms with Gasteiger partial charge in [-0.05, 0) is 44.9 Å². The van der Waals surface area contributed by atoms with Crippen LogP contribution in [0.4, 0.5) is 31.7 Å². The van der Waals surface area contributed by atoms with Gasteiger partial charge in [0.25, 0.3) is 0 Å². The lowest BCUT2D eigenvalue weighted by Crippen LogP contribution is -2.54. The second kappa shape index (κ2) is 12.9. The molecular weight excluding hydrogens is 564 g/mol. The van der Waals surface area contributed by atoms with Gasteiger partial charge in [0.2, 0.25) is 0 Å². The number of ether oxygens (including phenoxy) is 1. The SMILES string of the molecule is CNc1cc(Nc2cc(-c3ccc4c(cnn4C)c3)ncn2)c(OC(F)F)cc1N1CCC(N2CCN(C(C)C)CC2)CC1. The molecule has 10 nitrogen and oxygen atoms in total. The lowest BCUT2D eigenvalue weighted by molar-refractivity contribution is -0.0493. The normalized spacial score (nSPS) is 17.1. The van der Waals surface area contributed by atoms with Crippen molar-refractivity contribution < 1.29 is 13.5 Å². The van der Waals surface area contributed by atoms with Crippen LogP contribution in [0.15, 0.2) is 48.9 Å². The van der Waals surface area contributed by atoms with Gasteiger partial charge < -0.3 is 20.3 Å². The molecule has 2 N–H and O–H groups in total. The van der Waals surface area contributed by atoms with Gasteiger partial charge in [-0.15, -0.1) is 0 Å². The number of nitrogens with one attached hydrogen (secondary N) is 2. The van der Waals surface area contributed by atoms with Gasteiger partial charge in [-0.1, -0.05) is 6.07 Å². The van der Waals surface area contributed by atoms with Crippen molar-refractivity contribution in [3.8, 4) is 17.0 Å². The number of alkyl halides is 2. The molecule has 4 heterocycles. The average Bonchev–Trinajstić information content (AvgIpc) is 3.41. The number of piperazine rings is 1.